The SMILES string of the molecule is O=C(Cn1c(=O)cnc2ccccc21)Nc1nc(-c2ccc(Cl)cc2Cl)cs1. The zero-order valence-corrected chi connectivity index (χ0v) is 16.6. The molecule has 4 aromatic rings. The molecule has 0 aliphatic heterocycles. The smallest absolute Gasteiger partial charge is 0.269 e. The Kier molecular flexibility index (Phi) is 5.13. The van der Waals surface area contributed by atoms with Gasteiger partial charge >= 0.3 is 0 Å². The van der Waals surface area contributed by atoms with Gasteiger partial charge in [0.25, 0.3) is 5.56 Å². The zero-order chi connectivity index (χ0) is 19.7. The number of hydrogen-bond donors (Lipinski definition) is 1. The van der Waals surface area contributed by atoms with Crippen molar-refractivity contribution in [3.63, 3.8) is 0 Å². The summed E-state index contributed by atoms with van der Waals surface area (Å²) in [6, 6.07) is 12.3. The highest BCUT2D eigenvalue weighted by atomic mass is 35.5. The summed E-state index contributed by atoms with van der Waals surface area (Å²) in [4.78, 5) is 33.1. The molecule has 0 aliphatic carbocycles. The summed E-state index contributed by atoms with van der Waals surface area (Å²) in [5.41, 5.74) is 2.25. The summed E-state index contributed by atoms with van der Waals surface area (Å²) in [7, 11) is 0. The molecule has 0 saturated heterocycles. The number of carbonyl (C=O) groups excluding carboxylic acids is 1. The molecule has 140 valence electrons. The largest absolute Gasteiger partial charge is 0.300 e. The fraction of sp³-hybridized carbons (Fsp3) is 0.0526. The molecule has 0 radical (unpaired) electrons. The van der Waals surface area contributed by atoms with E-state index in [9.17, 15) is 9.59 Å². The van der Waals surface area contributed by atoms with Gasteiger partial charge < -0.3 is 5.32 Å². The molecular formula is C19H12Cl2N4O2S. The quantitative estimate of drug-likeness (QED) is 0.518. The number of anilines is 1. The van der Waals surface area contributed by atoms with Crippen molar-refractivity contribution in [2.45, 2.75) is 6.54 Å². The molecule has 2 aromatic heterocycles. The number of rotatable bonds is 4. The van der Waals surface area contributed by atoms with Gasteiger partial charge in [-0.25, -0.2) is 9.97 Å². The second-order valence-electron chi connectivity index (χ2n) is 5.88. The summed E-state index contributed by atoms with van der Waals surface area (Å²) in [5.74, 6) is -0.360. The second kappa shape index (κ2) is 7.71. The number of carbonyl (C=O) groups is 1. The average Bonchev–Trinajstić information content (AvgIpc) is 3.12. The highest BCUT2D eigenvalue weighted by Gasteiger charge is 2.13. The number of amides is 1. The van der Waals surface area contributed by atoms with Crippen molar-refractivity contribution < 1.29 is 4.79 Å². The van der Waals surface area contributed by atoms with Gasteiger partial charge in [-0.2, -0.15) is 0 Å². The molecule has 0 unspecified atom stereocenters. The Morgan fingerprint density at radius 3 is 2.82 bits per heavy atom. The van der Waals surface area contributed by atoms with E-state index in [4.69, 9.17) is 23.2 Å². The first kappa shape index (κ1) is 18.6. The lowest BCUT2D eigenvalue weighted by Gasteiger charge is -2.08. The predicted molar refractivity (Wildman–Crippen MR) is 112 cm³/mol. The van der Waals surface area contributed by atoms with Crippen molar-refractivity contribution in [3.05, 3.63) is 74.4 Å². The van der Waals surface area contributed by atoms with Crippen molar-refractivity contribution in [2.24, 2.45) is 0 Å². The maximum Gasteiger partial charge on any atom is 0.269 e. The first-order valence-electron chi connectivity index (χ1n) is 8.16. The van der Waals surface area contributed by atoms with Gasteiger partial charge in [0.2, 0.25) is 5.91 Å². The predicted octanol–water partition coefficient (Wildman–Crippen LogP) is 4.47. The van der Waals surface area contributed by atoms with Gasteiger partial charge in [0, 0.05) is 16.0 Å². The van der Waals surface area contributed by atoms with Crippen molar-refractivity contribution in [1.82, 2.24) is 14.5 Å². The maximum absolute atomic E-state index is 12.5. The molecule has 9 heteroatoms. The summed E-state index contributed by atoms with van der Waals surface area (Å²) < 4.78 is 1.38. The van der Waals surface area contributed by atoms with Crippen molar-refractivity contribution in [3.8, 4) is 11.3 Å². The fourth-order valence-electron chi connectivity index (χ4n) is 2.73. The molecule has 1 N–H and O–H groups in total. The number of hydrogen-bond acceptors (Lipinski definition) is 5. The van der Waals surface area contributed by atoms with Crippen LogP contribution < -0.4 is 10.9 Å². The first-order chi connectivity index (χ1) is 13.5. The molecule has 0 spiro atoms. The number of halogens is 2. The third-order valence-electron chi connectivity index (χ3n) is 4.01. The number of benzene rings is 2. The molecule has 4 rings (SSSR count). The Morgan fingerprint density at radius 1 is 1.18 bits per heavy atom. The number of aromatic nitrogens is 3. The lowest BCUT2D eigenvalue weighted by atomic mass is 10.2. The zero-order valence-electron chi connectivity index (χ0n) is 14.2. The summed E-state index contributed by atoms with van der Waals surface area (Å²) >= 11 is 13.4. The molecule has 1 amide bonds. The van der Waals surface area contributed by atoms with E-state index in [0.29, 0.717) is 31.9 Å². The minimum atomic E-state index is -0.360. The van der Waals surface area contributed by atoms with Gasteiger partial charge in [-0.15, -0.1) is 11.3 Å². The van der Waals surface area contributed by atoms with Gasteiger partial charge in [0.1, 0.15) is 6.54 Å². The van der Waals surface area contributed by atoms with Crippen molar-refractivity contribution in [2.75, 3.05) is 5.32 Å². The molecule has 0 fully saturated rings. The van der Waals surface area contributed by atoms with Crippen LogP contribution in [0.3, 0.4) is 0 Å². The van der Waals surface area contributed by atoms with Crippen molar-refractivity contribution >= 4 is 56.6 Å². The lowest BCUT2D eigenvalue weighted by molar-refractivity contribution is -0.116. The normalized spacial score (nSPS) is 10.9. The van der Waals surface area contributed by atoms with Gasteiger partial charge in [0.15, 0.2) is 5.13 Å². The van der Waals surface area contributed by atoms with Crippen LogP contribution in [0.25, 0.3) is 22.3 Å². The number of para-hydroxylation sites is 2. The van der Waals surface area contributed by atoms with Crippen LogP contribution in [0.4, 0.5) is 5.13 Å². The van der Waals surface area contributed by atoms with Gasteiger partial charge in [-0.3, -0.25) is 14.2 Å². The molecule has 0 aliphatic rings. The summed E-state index contributed by atoms with van der Waals surface area (Å²) in [6.45, 7) is -0.140. The van der Waals surface area contributed by atoms with Gasteiger partial charge in [-0.05, 0) is 30.3 Å². The van der Waals surface area contributed by atoms with Crippen LogP contribution in [-0.2, 0) is 11.3 Å². The molecular weight excluding hydrogens is 419 g/mol. The molecule has 2 aromatic carbocycles. The maximum atomic E-state index is 12.5. The molecule has 0 bridgehead atoms. The molecule has 28 heavy (non-hydrogen) atoms. The van der Waals surface area contributed by atoms with Gasteiger partial charge in [-0.1, -0.05) is 35.3 Å². The van der Waals surface area contributed by atoms with Crippen LogP contribution in [0.1, 0.15) is 0 Å². The second-order valence-corrected chi connectivity index (χ2v) is 7.58. The third-order valence-corrected chi connectivity index (χ3v) is 5.32. The Labute approximate surface area is 173 Å². The van der Waals surface area contributed by atoms with Crippen molar-refractivity contribution in [1.29, 1.82) is 0 Å². The Balaban J connectivity index is 1.55. The number of thiazole rings is 1. The molecule has 0 saturated carbocycles. The van der Waals surface area contributed by atoms with E-state index in [1.807, 2.05) is 6.07 Å². The van der Waals surface area contributed by atoms with Gasteiger partial charge in [0.05, 0.1) is 27.9 Å². The van der Waals surface area contributed by atoms with Crippen LogP contribution in [0.2, 0.25) is 10.0 Å². The van der Waals surface area contributed by atoms with E-state index >= 15 is 0 Å². The highest BCUT2D eigenvalue weighted by Crippen LogP contribution is 2.32. The minimum Gasteiger partial charge on any atom is -0.300 e. The number of nitrogens with one attached hydrogen (secondary N) is 1. The summed E-state index contributed by atoms with van der Waals surface area (Å²) in [5, 5.41) is 5.94. The van der Waals surface area contributed by atoms with E-state index in [1.165, 1.54) is 22.1 Å². The fourth-order valence-corrected chi connectivity index (χ4v) is 3.96. The highest BCUT2D eigenvalue weighted by molar-refractivity contribution is 7.14. The van der Waals surface area contributed by atoms with E-state index in [1.54, 1.807) is 41.8 Å². The van der Waals surface area contributed by atoms with Crippen LogP contribution >= 0.6 is 34.5 Å². The lowest BCUT2D eigenvalue weighted by Crippen LogP contribution is -2.27. The van der Waals surface area contributed by atoms with Crippen LogP contribution in [-0.4, -0.2) is 20.4 Å². The first-order valence-corrected chi connectivity index (χ1v) is 9.80. The Hall–Kier alpha value is -2.74. The number of fused-ring (bicyclic) bond motifs is 1. The average molecular weight is 431 g/mol. The molecule has 2 heterocycles. The van der Waals surface area contributed by atoms with Crippen LogP contribution in [0.5, 0.6) is 0 Å². The van der Waals surface area contributed by atoms with E-state index in [0.717, 1.165) is 5.56 Å². The standard InChI is InChI=1S/C19H12Cl2N4O2S/c20-11-5-6-12(13(21)7-11)15-10-28-19(23-15)24-17(26)9-25-16-4-2-1-3-14(16)22-8-18(25)27/h1-8,10H,9H2,(H,23,24,26). The van der Waals surface area contributed by atoms with E-state index in [-0.39, 0.29) is 18.0 Å². The topological polar surface area (TPSA) is 76.9 Å². The minimum absolute atomic E-state index is 0.140. The van der Waals surface area contributed by atoms with E-state index in [2.05, 4.69) is 15.3 Å². The molecule has 0 atom stereocenters. The van der Waals surface area contributed by atoms with E-state index < -0.39 is 0 Å². The Bertz CT molecular complexity index is 1250. The summed E-state index contributed by atoms with van der Waals surface area (Å²) in [6.07, 6.45) is 1.21. The third kappa shape index (κ3) is 3.77. The van der Waals surface area contributed by atoms with Crippen LogP contribution in [0.15, 0.2) is 58.8 Å². The van der Waals surface area contributed by atoms with Crippen LogP contribution in [0, 0.1) is 0 Å². The number of nitrogens with zero attached hydrogens (tertiary/aromatic N) is 3. The monoisotopic (exact) mass is 430 g/mol. The Morgan fingerprint density at radius 2 is 2.00 bits per heavy atom. The molecule has 6 nitrogen and oxygen atoms in total.